The van der Waals surface area contributed by atoms with Crippen LogP contribution in [-0.2, 0) is 18.3 Å². The van der Waals surface area contributed by atoms with E-state index in [4.69, 9.17) is 4.98 Å². The van der Waals surface area contributed by atoms with Crippen molar-refractivity contribution in [2.24, 2.45) is 7.05 Å². The minimum atomic E-state index is -0.0259. The number of benzene rings is 2. The van der Waals surface area contributed by atoms with Gasteiger partial charge in [-0.25, -0.2) is 9.97 Å². The van der Waals surface area contributed by atoms with Crippen LogP contribution in [0, 0.1) is 0 Å². The van der Waals surface area contributed by atoms with Crippen LogP contribution in [0.15, 0.2) is 85.8 Å². The zero-order valence-electron chi connectivity index (χ0n) is 17.6. The van der Waals surface area contributed by atoms with Crippen molar-refractivity contribution in [3.05, 3.63) is 91.4 Å². The standard InChI is InChI=1S/C26H21N5O/c1-3-19(32)14-17-10-12-27-23-9-8-18(15-21(17)23)29-26-28-13-11-24(30-26)22-16-31(2)25-7-5-4-6-20(22)25/h3-13,15-16H,1,14H2,2H3,(H,28,29,30). The van der Waals surface area contributed by atoms with E-state index in [0.717, 1.165) is 44.3 Å². The van der Waals surface area contributed by atoms with Gasteiger partial charge < -0.3 is 9.88 Å². The molecule has 156 valence electrons. The molecule has 0 unspecified atom stereocenters. The molecule has 0 aliphatic heterocycles. The second-order valence-corrected chi connectivity index (χ2v) is 7.61. The van der Waals surface area contributed by atoms with Gasteiger partial charge in [-0.3, -0.25) is 9.78 Å². The fraction of sp³-hybridized carbons (Fsp3) is 0.0769. The Labute approximate surface area is 185 Å². The van der Waals surface area contributed by atoms with Crippen LogP contribution in [-0.4, -0.2) is 25.3 Å². The highest BCUT2D eigenvalue weighted by Crippen LogP contribution is 2.30. The molecule has 2 aromatic carbocycles. The van der Waals surface area contributed by atoms with Gasteiger partial charge in [0.1, 0.15) is 0 Å². The highest BCUT2D eigenvalue weighted by atomic mass is 16.1. The van der Waals surface area contributed by atoms with Gasteiger partial charge in [0.25, 0.3) is 0 Å². The number of anilines is 2. The van der Waals surface area contributed by atoms with Crippen molar-refractivity contribution in [1.29, 1.82) is 0 Å². The molecule has 0 saturated heterocycles. The Kier molecular flexibility index (Phi) is 4.95. The molecule has 3 aromatic heterocycles. The number of fused-ring (bicyclic) bond motifs is 2. The van der Waals surface area contributed by atoms with Gasteiger partial charge >= 0.3 is 0 Å². The summed E-state index contributed by atoms with van der Waals surface area (Å²) in [7, 11) is 2.03. The Morgan fingerprint density at radius 1 is 1.06 bits per heavy atom. The van der Waals surface area contributed by atoms with E-state index in [0.29, 0.717) is 12.4 Å². The summed E-state index contributed by atoms with van der Waals surface area (Å²) in [6.45, 7) is 3.57. The molecule has 0 aliphatic rings. The molecule has 3 heterocycles. The van der Waals surface area contributed by atoms with Gasteiger partial charge in [0.15, 0.2) is 5.78 Å². The van der Waals surface area contributed by atoms with E-state index < -0.39 is 0 Å². The summed E-state index contributed by atoms with van der Waals surface area (Å²) in [5, 5.41) is 5.35. The van der Waals surface area contributed by atoms with Gasteiger partial charge in [-0.2, -0.15) is 0 Å². The lowest BCUT2D eigenvalue weighted by molar-refractivity contribution is -0.113. The lowest BCUT2D eigenvalue weighted by Crippen LogP contribution is -2.01. The maximum Gasteiger partial charge on any atom is 0.227 e. The van der Waals surface area contributed by atoms with Gasteiger partial charge in [-0.15, -0.1) is 0 Å². The number of carbonyl (C=O) groups excluding carboxylic acids is 1. The zero-order chi connectivity index (χ0) is 22.1. The Bertz CT molecular complexity index is 1480. The van der Waals surface area contributed by atoms with Crippen molar-refractivity contribution in [2.45, 2.75) is 6.42 Å². The maximum atomic E-state index is 11.9. The number of hydrogen-bond acceptors (Lipinski definition) is 5. The summed E-state index contributed by atoms with van der Waals surface area (Å²) in [5.41, 5.74) is 5.62. The minimum absolute atomic E-state index is 0.0259. The molecule has 0 bridgehead atoms. The Balaban J connectivity index is 1.50. The van der Waals surface area contributed by atoms with Gasteiger partial charge in [0.05, 0.1) is 11.2 Å². The monoisotopic (exact) mass is 419 g/mol. The van der Waals surface area contributed by atoms with Crippen LogP contribution >= 0.6 is 0 Å². The number of hydrogen-bond donors (Lipinski definition) is 1. The Morgan fingerprint density at radius 3 is 2.78 bits per heavy atom. The summed E-state index contributed by atoms with van der Waals surface area (Å²) in [6, 6.07) is 17.9. The van der Waals surface area contributed by atoms with Crippen molar-refractivity contribution in [1.82, 2.24) is 19.5 Å². The van der Waals surface area contributed by atoms with Crippen molar-refractivity contribution in [3.8, 4) is 11.3 Å². The van der Waals surface area contributed by atoms with Crippen molar-refractivity contribution < 1.29 is 4.79 Å². The number of nitrogens with zero attached hydrogens (tertiary/aromatic N) is 4. The second-order valence-electron chi connectivity index (χ2n) is 7.61. The van der Waals surface area contributed by atoms with Gasteiger partial charge in [-0.1, -0.05) is 24.8 Å². The molecule has 6 heteroatoms. The summed E-state index contributed by atoms with van der Waals surface area (Å²) in [6.07, 6.45) is 7.20. The van der Waals surface area contributed by atoms with Crippen LogP contribution in [0.3, 0.4) is 0 Å². The molecule has 32 heavy (non-hydrogen) atoms. The van der Waals surface area contributed by atoms with Crippen molar-refractivity contribution >= 4 is 39.2 Å². The van der Waals surface area contributed by atoms with Crippen LogP contribution in [0.2, 0.25) is 0 Å². The number of para-hydroxylation sites is 1. The summed E-state index contributed by atoms with van der Waals surface area (Å²) < 4.78 is 2.10. The first kappa shape index (κ1) is 19.6. The molecular weight excluding hydrogens is 398 g/mol. The highest BCUT2D eigenvalue weighted by molar-refractivity contribution is 5.96. The number of carbonyl (C=O) groups is 1. The van der Waals surface area contributed by atoms with Crippen LogP contribution in [0.1, 0.15) is 5.56 Å². The lowest BCUT2D eigenvalue weighted by atomic mass is 10.0. The van der Waals surface area contributed by atoms with E-state index in [9.17, 15) is 4.79 Å². The van der Waals surface area contributed by atoms with Crippen LogP contribution in [0.25, 0.3) is 33.1 Å². The van der Waals surface area contributed by atoms with E-state index in [-0.39, 0.29) is 5.78 Å². The molecule has 0 spiro atoms. The van der Waals surface area contributed by atoms with Gasteiger partial charge in [-0.05, 0) is 48.0 Å². The molecule has 1 N–H and O–H groups in total. The van der Waals surface area contributed by atoms with E-state index in [1.54, 1.807) is 12.4 Å². The third-order valence-electron chi connectivity index (χ3n) is 5.51. The number of ketones is 1. The van der Waals surface area contributed by atoms with Crippen LogP contribution < -0.4 is 5.32 Å². The predicted octanol–water partition coefficient (Wildman–Crippen LogP) is 5.22. The van der Waals surface area contributed by atoms with Crippen LogP contribution in [0.5, 0.6) is 0 Å². The Hall–Kier alpha value is -4.32. The van der Waals surface area contributed by atoms with E-state index >= 15 is 0 Å². The average Bonchev–Trinajstić information content (AvgIpc) is 3.16. The van der Waals surface area contributed by atoms with E-state index in [1.807, 2.05) is 49.5 Å². The van der Waals surface area contributed by atoms with E-state index in [2.05, 4.69) is 44.8 Å². The van der Waals surface area contributed by atoms with Crippen molar-refractivity contribution in [2.75, 3.05) is 5.32 Å². The number of aryl methyl sites for hydroxylation is 1. The fourth-order valence-electron chi connectivity index (χ4n) is 3.94. The highest BCUT2D eigenvalue weighted by Gasteiger charge is 2.11. The molecule has 0 radical (unpaired) electrons. The maximum absolute atomic E-state index is 11.9. The molecule has 5 rings (SSSR count). The summed E-state index contributed by atoms with van der Waals surface area (Å²) in [5.74, 6) is 0.476. The molecule has 0 aliphatic carbocycles. The predicted molar refractivity (Wildman–Crippen MR) is 128 cm³/mol. The SMILES string of the molecule is C=CC(=O)Cc1ccnc2ccc(Nc3nccc(-c4cn(C)c5ccccc45)n3)cc12. The molecule has 0 fully saturated rings. The number of nitrogens with one attached hydrogen (secondary N) is 1. The minimum Gasteiger partial charge on any atom is -0.350 e. The quantitative estimate of drug-likeness (QED) is 0.382. The third-order valence-corrected chi connectivity index (χ3v) is 5.51. The first-order chi connectivity index (χ1) is 15.6. The van der Waals surface area contributed by atoms with Crippen molar-refractivity contribution in [3.63, 3.8) is 0 Å². The second kappa shape index (κ2) is 8.07. The number of pyridine rings is 1. The zero-order valence-corrected chi connectivity index (χ0v) is 17.6. The molecule has 6 nitrogen and oxygen atoms in total. The largest absolute Gasteiger partial charge is 0.350 e. The number of rotatable bonds is 6. The van der Waals surface area contributed by atoms with Gasteiger partial charge in [0, 0.05) is 59.6 Å². The first-order valence-electron chi connectivity index (χ1n) is 10.3. The summed E-state index contributed by atoms with van der Waals surface area (Å²) >= 11 is 0. The lowest BCUT2D eigenvalue weighted by Gasteiger charge is -2.09. The van der Waals surface area contributed by atoms with Gasteiger partial charge in [0.2, 0.25) is 5.95 Å². The summed E-state index contributed by atoms with van der Waals surface area (Å²) in [4.78, 5) is 25.4. The number of aromatic nitrogens is 4. The average molecular weight is 419 g/mol. The molecular formula is C26H21N5O. The number of allylic oxidation sites excluding steroid dienone is 1. The van der Waals surface area contributed by atoms with Crippen LogP contribution in [0.4, 0.5) is 11.6 Å². The molecule has 0 saturated carbocycles. The topological polar surface area (TPSA) is 72.7 Å². The fourth-order valence-corrected chi connectivity index (χ4v) is 3.94. The molecule has 0 amide bonds. The third kappa shape index (κ3) is 3.63. The smallest absolute Gasteiger partial charge is 0.227 e. The first-order valence-corrected chi connectivity index (χ1v) is 10.3. The molecule has 5 aromatic rings. The Morgan fingerprint density at radius 2 is 1.91 bits per heavy atom. The molecule has 0 atom stereocenters. The normalized spacial score (nSPS) is 11.0. The van der Waals surface area contributed by atoms with E-state index in [1.165, 1.54) is 6.08 Å².